The summed E-state index contributed by atoms with van der Waals surface area (Å²) in [5, 5.41) is 2.94. The number of rotatable bonds is 4. The quantitative estimate of drug-likeness (QED) is 0.827. The van der Waals surface area contributed by atoms with Crippen LogP contribution in [0.25, 0.3) is 11.1 Å². The van der Waals surface area contributed by atoms with E-state index in [9.17, 15) is 14.4 Å². The van der Waals surface area contributed by atoms with Crippen molar-refractivity contribution in [1.82, 2.24) is 15.1 Å². The Bertz CT molecular complexity index is 986. The molecule has 1 N–H and O–H groups in total. The Morgan fingerprint density at radius 1 is 1.06 bits per heavy atom. The van der Waals surface area contributed by atoms with Crippen LogP contribution in [0.4, 0.5) is 0 Å². The summed E-state index contributed by atoms with van der Waals surface area (Å²) in [5.74, 6) is -0.634. The fraction of sp³-hybridized carbons (Fsp3) is 0.400. The van der Waals surface area contributed by atoms with Crippen molar-refractivity contribution >= 4 is 17.7 Å². The number of amides is 3. The first-order valence-corrected chi connectivity index (χ1v) is 10.9. The van der Waals surface area contributed by atoms with Gasteiger partial charge in [0.2, 0.25) is 17.7 Å². The first-order chi connectivity index (χ1) is 14.9. The third-order valence-corrected chi connectivity index (χ3v) is 6.28. The van der Waals surface area contributed by atoms with E-state index < -0.39 is 0 Å². The van der Waals surface area contributed by atoms with Crippen LogP contribution in [0.15, 0.2) is 48.5 Å². The van der Waals surface area contributed by atoms with Crippen molar-refractivity contribution in [1.29, 1.82) is 0 Å². The summed E-state index contributed by atoms with van der Waals surface area (Å²) >= 11 is 0. The molecule has 2 aromatic carbocycles. The molecule has 6 nitrogen and oxygen atoms in total. The summed E-state index contributed by atoms with van der Waals surface area (Å²) in [6.45, 7) is 3.86. The maximum atomic E-state index is 13.0. The Kier molecular flexibility index (Phi) is 6.07. The maximum absolute atomic E-state index is 13.0. The fourth-order valence-electron chi connectivity index (χ4n) is 4.49. The van der Waals surface area contributed by atoms with Gasteiger partial charge >= 0.3 is 0 Å². The van der Waals surface area contributed by atoms with Gasteiger partial charge in [0.25, 0.3) is 0 Å². The number of hydrogen-bond donors (Lipinski definition) is 1. The summed E-state index contributed by atoms with van der Waals surface area (Å²) in [6.07, 6.45) is 0.839. The highest BCUT2D eigenvalue weighted by atomic mass is 16.2. The Labute approximate surface area is 183 Å². The molecule has 2 aliphatic rings. The predicted molar refractivity (Wildman–Crippen MR) is 119 cm³/mol. The molecule has 4 rings (SSSR count). The predicted octanol–water partition coefficient (Wildman–Crippen LogP) is 2.26. The lowest BCUT2D eigenvalue weighted by molar-refractivity contribution is -0.136. The average Bonchev–Trinajstić information content (AvgIpc) is 2.99. The summed E-state index contributed by atoms with van der Waals surface area (Å²) in [6, 6.07) is 16.7. The van der Waals surface area contributed by atoms with Gasteiger partial charge in [0, 0.05) is 39.6 Å². The number of carbonyl (C=O) groups excluding carboxylic acids is 3. The molecular formula is C25H29N3O3. The lowest BCUT2D eigenvalue weighted by Gasteiger charge is -2.25. The Hall–Kier alpha value is -3.15. The lowest BCUT2D eigenvalue weighted by atomic mass is 9.95. The molecule has 31 heavy (non-hydrogen) atoms. The van der Waals surface area contributed by atoms with Crippen LogP contribution in [-0.2, 0) is 20.8 Å². The number of nitrogens with zero attached hydrogens (tertiary/aromatic N) is 2. The topological polar surface area (TPSA) is 69.7 Å². The number of likely N-dealkylation sites (tertiary alicyclic amines) is 1. The van der Waals surface area contributed by atoms with E-state index in [4.69, 9.17) is 0 Å². The van der Waals surface area contributed by atoms with Gasteiger partial charge in [-0.3, -0.25) is 14.4 Å². The molecule has 6 heteroatoms. The van der Waals surface area contributed by atoms with Crippen molar-refractivity contribution in [3.63, 3.8) is 0 Å². The van der Waals surface area contributed by atoms with Gasteiger partial charge in [-0.25, -0.2) is 0 Å². The largest absolute Gasteiger partial charge is 0.354 e. The van der Waals surface area contributed by atoms with Crippen LogP contribution in [0.3, 0.4) is 0 Å². The van der Waals surface area contributed by atoms with E-state index in [1.807, 2.05) is 0 Å². The number of carbonyl (C=O) groups is 3. The molecule has 2 fully saturated rings. The van der Waals surface area contributed by atoms with Crippen LogP contribution in [-0.4, -0.2) is 60.7 Å². The monoisotopic (exact) mass is 419 g/mol. The molecule has 0 aliphatic carbocycles. The van der Waals surface area contributed by atoms with Gasteiger partial charge in [-0.15, -0.1) is 0 Å². The molecule has 162 valence electrons. The molecule has 0 bridgehead atoms. The molecule has 2 atom stereocenters. The molecule has 2 saturated heterocycles. The second-order valence-electron chi connectivity index (χ2n) is 8.72. The summed E-state index contributed by atoms with van der Waals surface area (Å²) in [4.78, 5) is 40.8. The van der Waals surface area contributed by atoms with E-state index in [1.165, 1.54) is 11.1 Å². The SMILES string of the molecule is Cc1cccc(-c2ccc(C[C@H]3CN(C(=O)[C@@H]4CC(=O)N(C)C4)CCNC3=O)cc2)c1. The van der Waals surface area contributed by atoms with Crippen molar-refractivity contribution in [2.75, 3.05) is 33.2 Å². The highest BCUT2D eigenvalue weighted by Crippen LogP contribution is 2.24. The zero-order valence-electron chi connectivity index (χ0n) is 18.1. The normalized spacial score (nSPS) is 21.7. The first kappa shape index (κ1) is 21.1. The zero-order valence-corrected chi connectivity index (χ0v) is 18.1. The van der Waals surface area contributed by atoms with Gasteiger partial charge in [-0.1, -0.05) is 54.1 Å². The van der Waals surface area contributed by atoms with Crippen molar-refractivity contribution in [2.24, 2.45) is 11.8 Å². The highest BCUT2D eigenvalue weighted by Gasteiger charge is 2.36. The molecule has 0 saturated carbocycles. The van der Waals surface area contributed by atoms with Crippen molar-refractivity contribution < 1.29 is 14.4 Å². The minimum atomic E-state index is -0.306. The van der Waals surface area contributed by atoms with Crippen LogP contribution in [0.2, 0.25) is 0 Å². The van der Waals surface area contributed by atoms with Gasteiger partial charge in [-0.05, 0) is 30.0 Å². The van der Waals surface area contributed by atoms with Crippen LogP contribution in [0.5, 0.6) is 0 Å². The first-order valence-electron chi connectivity index (χ1n) is 10.9. The van der Waals surface area contributed by atoms with Crippen LogP contribution >= 0.6 is 0 Å². The van der Waals surface area contributed by atoms with Crippen molar-refractivity contribution in [3.05, 3.63) is 59.7 Å². The van der Waals surface area contributed by atoms with Gasteiger partial charge < -0.3 is 15.1 Å². The second-order valence-corrected chi connectivity index (χ2v) is 8.72. The van der Waals surface area contributed by atoms with E-state index >= 15 is 0 Å². The standard InChI is InChI=1S/C25H29N3O3/c1-17-4-3-5-20(12-17)19-8-6-18(7-9-19)13-21-16-28(11-10-26-24(21)30)25(31)22-14-23(29)27(2)15-22/h3-9,12,21-22H,10-11,13-16H2,1-2H3,(H,26,30)/t21-,22+/m0/s1. The minimum absolute atomic E-state index is 0.00706. The summed E-state index contributed by atoms with van der Waals surface area (Å²) in [5.41, 5.74) is 4.61. The van der Waals surface area contributed by atoms with Gasteiger partial charge in [0.15, 0.2) is 0 Å². The van der Waals surface area contributed by atoms with E-state index in [0.29, 0.717) is 32.6 Å². The van der Waals surface area contributed by atoms with E-state index in [2.05, 4.69) is 60.8 Å². The number of hydrogen-bond acceptors (Lipinski definition) is 3. The molecule has 0 spiro atoms. The minimum Gasteiger partial charge on any atom is -0.354 e. The average molecular weight is 420 g/mol. The van der Waals surface area contributed by atoms with Gasteiger partial charge in [0.1, 0.15) is 0 Å². The van der Waals surface area contributed by atoms with Crippen molar-refractivity contribution in [2.45, 2.75) is 19.8 Å². The highest BCUT2D eigenvalue weighted by molar-refractivity contribution is 5.90. The van der Waals surface area contributed by atoms with Crippen LogP contribution in [0, 0.1) is 18.8 Å². The zero-order chi connectivity index (χ0) is 22.0. The van der Waals surface area contributed by atoms with Gasteiger partial charge in [-0.2, -0.15) is 0 Å². The lowest BCUT2D eigenvalue weighted by Crippen LogP contribution is -2.41. The Balaban J connectivity index is 1.44. The molecule has 2 aromatic rings. The molecule has 0 aromatic heterocycles. The Morgan fingerprint density at radius 2 is 1.84 bits per heavy atom. The number of aryl methyl sites for hydroxylation is 1. The van der Waals surface area contributed by atoms with E-state index in [0.717, 1.165) is 11.1 Å². The molecule has 0 radical (unpaired) electrons. The molecule has 2 aliphatic heterocycles. The molecule has 3 amide bonds. The molecule has 2 heterocycles. The third kappa shape index (κ3) is 4.79. The smallest absolute Gasteiger partial charge is 0.228 e. The summed E-state index contributed by atoms with van der Waals surface area (Å²) < 4.78 is 0. The number of nitrogens with one attached hydrogen (secondary N) is 1. The third-order valence-electron chi connectivity index (χ3n) is 6.28. The van der Waals surface area contributed by atoms with E-state index in [-0.39, 0.29) is 36.0 Å². The van der Waals surface area contributed by atoms with E-state index in [1.54, 1.807) is 16.8 Å². The molecular weight excluding hydrogens is 390 g/mol. The van der Waals surface area contributed by atoms with Crippen LogP contribution in [0.1, 0.15) is 17.5 Å². The second kappa shape index (κ2) is 8.92. The maximum Gasteiger partial charge on any atom is 0.228 e. The van der Waals surface area contributed by atoms with Gasteiger partial charge in [0.05, 0.1) is 11.8 Å². The van der Waals surface area contributed by atoms with Crippen LogP contribution < -0.4 is 5.32 Å². The van der Waals surface area contributed by atoms with Crippen molar-refractivity contribution in [3.8, 4) is 11.1 Å². The Morgan fingerprint density at radius 3 is 2.52 bits per heavy atom. The number of benzene rings is 2. The summed E-state index contributed by atoms with van der Waals surface area (Å²) in [7, 11) is 1.73. The molecule has 0 unspecified atom stereocenters. The fourth-order valence-corrected chi connectivity index (χ4v) is 4.49.